The molecule has 1 aromatic heterocycles. The van der Waals surface area contributed by atoms with Crippen molar-refractivity contribution in [2.75, 3.05) is 14.2 Å². The van der Waals surface area contributed by atoms with Crippen molar-refractivity contribution in [1.29, 1.82) is 0 Å². The average Bonchev–Trinajstić information content (AvgIpc) is 3.16. The number of nitrogens with one attached hydrogen (secondary N) is 2. The first-order chi connectivity index (χ1) is 13.1. The van der Waals surface area contributed by atoms with Crippen molar-refractivity contribution in [1.82, 2.24) is 15.6 Å². The van der Waals surface area contributed by atoms with E-state index in [9.17, 15) is 4.79 Å². The number of methoxy groups -OCH3 is 2. The standard InChI is InChI=1S/C19H17IN4O3/c1-26-16-8-7-12(9-17(16)27-2)18-13(10-21-23-18)11-22-24-19(25)14-5-3-4-6-15(14)20/h3-11H,1-2H3,(H,21,23)(H,24,25). The zero-order valence-corrected chi connectivity index (χ0v) is 16.9. The number of halogens is 1. The smallest absolute Gasteiger partial charge is 0.272 e. The van der Waals surface area contributed by atoms with E-state index in [0.29, 0.717) is 17.1 Å². The van der Waals surface area contributed by atoms with E-state index < -0.39 is 0 Å². The summed E-state index contributed by atoms with van der Waals surface area (Å²) in [7, 11) is 3.17. The van der Waals surface area contributed by atoms with Gasteiger partial charge in [-0.1, -0.05) is 12.1 Å². The van der Waals surface area contributed by atoms with Gasteiger partial charge >= 0.3 is 0 Å². The molecule has 0 radical (unpaired) electrons. The number of H-pyrrole nitrogens is 1. The van der Waals surface area contributed by atoms with Crippen LogP contribution in [0.4, 0.5) is 0 Å². The number of ether oxygens (including phenoxy) is 2. The van der Waals surface area contributed by atoms with E-state index in [1.54, 1.807) is 32.7 Å². The minimum Gasteiger partial charge on any atom is -0.493 e. The van der Waals surface area contributed by atoms with Gasteiger partial charge in [-0.05, 0) is 52.9 Å². The summed E-state index contributed by atoms with van der Waals surface area (Å²) in [5.41, 5.74) is 5.45. The first kappa shape index (κ1) is 18.9. The molecule has 0 spiro atoms. The first-order valence-corrected chi connectivity index (χ1v) is 9.05. The Balaban J connectivity index is 1.78. The average molecular weight is 476 g/mol. The van der Waals surface area contributed by atoms with Crippen molar-refractivity contribution < 1.29 is 14.3 Å². The molecule has 7 nitrogen and oxygen atoms in total. The normalized spacial score (nSPS) is 10.8. The number of hydrogen-bond acceptors (Lipinski definition) is 5. The molecule has 0 unspecified atom stereocenters. The first-order valence-electron chi connectivity index (χ1n) is 7.97. The molecule has 0 aliphatic heterocycles. The zero-order valence-electron chi connectivity index (χ0n) is 14.7. The van der Waals surface area contributed by atoms with Crippen molar-refractivity contribution in [3.05, 3.63) is 63.4 Å². The summed E-state index contributed by atoms with van der Waals surface area (Å²) < 4.78 is 11.5. The number of nitrogens with zero attached hydrogens (tertiary/aromatic N) is 2. The topological polar surface area (TPSA) is 88.6 Å². The number of benzene rings is 2. The molecule has 0 saturated heterocycles. The Labute approximate surface area is 169 Å². The predicted octanol–water partition coefficient (Wildman–Crippen LogP) is 3.46. The van der Waals surface area contributed by atoms with Crippen LogP contribution in [0.3, 0.4) is 0 Å². The van der Waals surface area contributed by atoms with Gasteiger partial charge in [-0.2, -0.15) is 10.2 Å². The number of amides is 1. The Morgan fingerprint density at radius 2 is 1.96 bits per heavy atom. The minimum atomic E-state index is -0.271. The van der Waals surface area contributed by atoms with E-state index in [2.05, 4.69) is 43.3 Å². The van der Waals surface area contributed by atoms with Crippen molar-refractivity contribution >= 4 is 34.7 Å². The second kappa shape index (κ2) is 8.67. The molecule has 3 aromatic rings. The molecule has 2 aromatic carbocycles. The maximum Gasteiger partial charge on any atom is 0.272 e. The van der Waals surface area contributed by atoms with Gasteiger partial charge in [-0.15, -0.1) is 0 Å². The third kappa shape index (κ3) is 4.27. The molecule has 8 heteroatoms. The Bertz CT molecular complexity index is 985. The summed E-state index contributed by atoms with van der Waals surface area (Å²) in [4.78, 5) is 12.2. The number of aromatic amines is 1. The van der Waals surface area contributed by atoms with Gasteiger partial charge in [0.2, 0.25) is 0 Å². The van der Waals surface area contributed by atoms with Crippen molar-refractivity contribution in [2.24, 2.45) is 5.10 Å². The Kier molecular flexibility index (Phi) is 6.07. The molecule has 138 valence electrons. The van der Waals surface area contributed by atoms with Crippen LogP contribution in [0.15, 0.2) is 53.8 Å². The molecule has 27 heavy (non-hydrogen) atoms. The number of hydrazone groups is 1. The number of rotatable bonds is 6. The fraction of sp³-hybridized carbons (Fsp3) is 0.105. The Morgan fingerprint density at radius 1 is 1.19 bits per heavy atom. The van der Waals surface area contributed by atoms with Gasteiger partial charge in [0.15, 0.2) is 11.5 Å². The van der Waals surface area contributed by atoms with Gasteiger partial charge in [0.05, 0.1) is 37.9 Å². The molecule has 0 saturated carbocycles. The Morgan fingerprint density at radius 3 is 2.70 bits per heavy atom. The summed E-state index contributed by atoms with van der Waals surface area (Å²) >= 11 is 2.11. The van der Waals surface area contributed by atoms with Crippen LogP contribution in [0.5, 0.6) is 11.5 Å². The maximum absolute atomic E-state index is 12.2. The van der Waals surface area contributed by atoms with Gasteiger partial charge < -0.3 is 9.47 Å². The summed E-state index contributed by atoms with van der Waals surface area (Å²) in [6, 6.07) is 12.8. The van der Waals surface area contributed by atoms with E-state index in [1.165, 1.54) is 0 Å². The van der Waals surface area contributed by atoms with Crippen LogP contribution in [0.25, 0.3) is 11.3 Å². The fourth-order valence-electron chi connectivity index (χ4n) is 2.48. The molecular formula is C19H17IN4O3. The number of carbonyl (C=O) groups is 1. The lowest BCUT2D eigenvalue weighted by atomic mass is 10.1. The highest BCUT2D eigenvalue weighted by Gasteiger charge is 2.11. The molecule has 3 rings (SSSR count). The van der Waals surface area contributed by atoms with Gasteiger partial charge in [0, 0.05) is 14.7 Å². The summed E-state index contributed by atoms with van der Waals surface area (Å²) in [5.74, 6) is 0.979. The van der Waals surface area contributed by atoms with E-state index >= 15 is 0 Å². The molecule has 2 N–H and O–H groups in total. The lowest BCUT2D eigenvalue weighted by Crippen LogP contribution is -2.18. The molecular weight excluding hydrogens is 459 g/mol. The predicted molar refractivity (Wildman–Crippen MR) is 111 cm³/mol. The van der Waals surface area contributed by atoms with Crippen LogP contribution in [-0.4, -0.2) is 36.5 Å². The van der Waals surface area contributed by atoms with E-state index in [0.717, 1.165) is 20.4 Å². The van der Waals surface area contributed by atoms with Crippen LogP contribution < -0.4 is 14.9 Å². The number of aromatic nitrogens is 2. The van der Waals surface area contributed by atoms with Gasteiger partial charge in [-0.3, -0.25) is 9.89 Å². The van der Waals surface area contributed by atoms with Gasteiger partial charge in [-0.25, -0.2) is 5.43 Å². The summed E-state index contributed by atoms with van der Waals surface area (Å²) in [6.45, 7) is 0. The van der Waals surface area contributed by atoms with Crippen LogP contribution >= 0.6 is 22.6 Å². The van der Waals surface area contributed by atoms with Crippen LogP contribution in [0.2, 0.25) is 0 Å². The van der Waals surface area contributed by atoms with E-state index in [4.69, 9.17) is 9.47 Å². The van der Waals surface area contributed by atoms with Crippen LogP contribution in [0.1, 0.15) is 15.9 Å². The molecule has 0 bridgehead atoms. The van der Waals surface area contributed by atoms with Crippen molar-refractivity contribution in [3.8, 4) is 22.8 Å². The quantitative estimate of drug-likeness (QED) is 0.324. The lowest BCUT2D eigenvalue weighted by Gasteiger charge is -2.09. The number of carbonyl (C=O) groups excluding carboxylic acids is 1. The number of hydrogen-bond donors (Lipinski definition) is 2. The van der Waals surface area contributed by atoms with Crippen molar-refractivity contribution in [3.63, 3.8) is 0 Å². The second-order valence-electron chi connectivity index (χ2n) is 5.45. The van der Waals surface area contributed by atoms with E-state index in [-0.39, 0.29) is 5.91 Å². The highest BCUT2D eigenvalue weighted by atomic mass is 127. The third-order valence-electron chi connectivity index (χ3n) is 3.83. The zero-order chi connectivity index (χ0) is 19.2. The third-order valence-corrected chi connectivity index (χ3v) is 4.77. The monoisotopic (exact) mass is 476 g/mol. The SMILES string of the molecule is COc1ccc(-c2[nH]ncc2C=NNC(=O)c2ccccc2I)cc1OC. The maximum atomic E-state index is 12.2. The van der Waals surface area contributed by atoms with Crippen LogP contribution in [-0.2, 0) is 0 Å². The van der Waals surface area contributed by atoms with Crippen LogP contribution in [0, 0.1) is 3.57 Å². The van der Waals surface area contributed by atoms with Crippen molar-refractivity contribution in [2.45, 2.75) is 0 Å². The second-order valence-corrected chi connectivity index (χ2v) is 6.61. The van der Waals surface area contributed by atoms with E-state index in [1.807, 2.05) is 36.4 Å². The van der Waals surface area contributed by atoms with Gasteiger partial charge in [0.25, 0.3) is 5.91 Å². The molecule has 1 amide bonds. The molecule has 0 aliphatic carbocycles. The molecule has 0 aliphatic rings. The molecule has 0 atom stereocenters. The minimum absolute atomic E-state index is 0.271. The molecule has 1 heterocycles. The lowest BCUT2D eigenvalue weighted by molar-refractivity contribution is 0.0954. The highest BCUT2D eigenvalue weighted by molar-refractivity contribution is 14.1. The highest BCUT2D eigenvalue weighted by Crippen LogP contribution is 2.32. The van der Waals surface area contributed by atoms with Gasteiger partial charge in [0.1, 0.15) is 0 Å². The Hall–Kier alpha value is -2.88. The summed E-state index contributed by atoms with van der Waals surface area (Å²) in [5, 5.41) is 11.1. The molecule has 0 fully saturated rings. The fourth-order valence-corrected chi connectivity index (χ4v) is 3.11. The summed E-state index contributed by atoms with van der Waals surface area (Å²) in [6.07, 6.45) is 3.18. The largest absolute Gasteiger partial charge is 0.493 e.